The van der Waals surface area contributed by atoms with Crippen molar-refractivity contribution in [1.29, 1.82) is 0 Å². The Kier molecular flexibility index (Phi) is 21.1. The molecule has 0 aliphatic carbocycles. The number of quaternary nitrogens is 1. The molecule has 0 aliphatic rings. The Morgan fingerprint density at radius 3 is 1.55 bits per heavy atom. The van der Waals surface area contributed by atoms with Crippen LogP contribution >= 0.6 is 7.60 Å². The van der Waals surface area contributed by atoms with Crippen LogP contribution in [0.25, 0.3) is 0 Å². The summed E-state index contributed by atoms with van der Waals surface area (Å²) in [4.78, 5) is 10.4. The van der Waals surface area contributed by atoms with Crippen molar-refractivity contribution in [2.45, 2.75) is 142 Å². The van der Waals surface area contributed by atoms with Gasteiger partial charge in [0.05, 0.1) is 27.7 Å². The number of allylic oxidation sites excluding steroid dienone is 2. The third kappa shape index (κ3) is 19.8. The lowest BCUT2D eigenvalue weighted by Gasteiger charge is -2.35. The first-order chi connectivity index (χ1) is 15.8. The maximum Gasteiger partial charge on any atom is 0.385 e. The maximum absolute atomic E-state index is 12.7. The zero-order chi connectivity index (χ0) is 24.8. The van der Waals surface area contributed by atoms with E-state index in [1.54, 1.807) is 0 Å². The second kappa shape index (κ2) is 21.2. The Balaban J connectivity index is 3.54. The van der Waals surface area contributed by atoms with Crippen molar-refractivity contribution in [2.24, 2.45) is 0 Å². The summed E-state index contributed by atoms with van der Waals surface area (Å²) in [6.45, 7) is 4.72. The SMILES string of the molecule is CCCCCCCCCCCCCC=CCCCCCCOP(=O)(O)C(CCC)[N+](C)(C)C. The Bertz CT molecular complexity index is 502. The summed E-state index contributed by atoms with van der Waals surface area (Å²) in [6, 6.07) is 0. The second-order valence-corrected chi connectivity index (χ2v) is 12.8. The molecule has 5 heteroatoms. The molecule has 33 heavy (non-hydrogen) atoms. The fraction of sp³-hybridized carbons (Fsp3) is 0.929. The molecule has 0 spiro atoms. The van der Waals surface area contributed by atoms with Gasteiger partial charge in [0.1, 0.15) is 0 Å². The van der Waals surface area contributed by atoms with Crippen LogP contribution in [0.5, 0.6) is 0 Å². The van der Waals surface area contributed by atoms with Gasteiger partial charge >= 0.3 is 7.60 Å². The molecule has 0 bridgehead atoms. The first-order valence-electron chi connectivity index (χ1n) is 14.2. The zero-order valence-corrected chi connectivity index (χ0v) is 23.9. The summed E-state index contributed by atoms with van der Waals surface area (Å²) in [7, 11) is 2.34. The molecule has 0 radical (unpaired) electrons. The molecule has 2 atom stereocenters. The van der Waals surface area contributed by atoms with Gasteiger partial charge in [-0.2, -0.15) is 0 Å². The van der Waals surface area contributed by atoms with E-state index in [1.807, 2.05) is 21.1 Å². The molecule has 0 aromatic rings. The van der Waals surface area contributed by atoms with E-state index < -0.39 is 7.60 Å². The molecule has 0 aromatic heterocycles. The predicted octanol–water partition coefficient (Wildman–Crippen LogP) is 9.23. The van der Waals surface area contributed by atoms with Crippen LogP contribution in [0.1, 0.15) is 136 Å². The van der Waals surface area contributed by atoms with Crippen LogP contribution in [0, 0.1) is 0 Å². The van der Waals surface area contributed by atoms with Crippen molar-refractivity contribution in [1.82, 2.24) is 0 Å². The Hall–Kier alpha value is -0.150. The lowest BCUT2D eigenvalue weighted by molar-refractivity contribution is -0.883. The summed E-state index contributed by atoms with van der Waals surface area (Å²) in [5.74, 6) is -0.340. The van der Waals surface area contributed by atoms with E-state index in [-0.39, 0.29) is 5.78 Å². The summed E-state index contributed by atoms with van der Waals surface area (Å²) in [5, 5.41) is 0. The molecular weight excluding hydrogens is 429 g/mol. The van der Waals surface area contributed by atoms with E-state index in [0.717, 1.165) is 32.1 Å². The number of hydrogen-bond acceptors (Lipinski definition) is 2. The Morgan fingerprint density at radius 1 is 0.697 bits per heavy atom. The largest absolute Gasteiger partial charge is 0.385 e. The van der Waals surface area contributed by atoms with Crippen molar-refractivity contribution in [3.63, 3.8) is 0 Å². The molecule has 0 saturated carbocycles. The smallest absolute Gasteiger partial charge is 0.320 e. The first-order valence-corrected chi connectivity index (χ1v) is 15.8. The van der Waals surface area contributed by atoms with Crippen LogP contribution in [0.3, 0.4) is 0 Å². The van der Waals surface area contributed by atoms with Gasteiger partial charge in [0.2, 0.25) is 0 Å². The van der Waals surface area contributed by atoms with E-state index in [4.69, 9.17) is 4.52 Å². The molecule has 0 aliphatic heterocycles. The van der Waals surface area contributed by atoms with Crippen molar-refractivity contribution >= 4 is 7.60 Å². The van der Waals surface area contributed by atoms with Crippen LogP contribution in [-0.4, -0.2) is 42.9 Å². The van der Waals surface area contributed by atoms with Crippen molar-refractivity contribution < 1.29 is 18.5 Å². The maximum atomic E-state index is 12.7. The van der Waals surface area contributed by atoms with Gasteiger partial charge in [0.25, 0.3) is 0 Å². The molecule has 0 aromatic carbocycles. The minimum atomic E-state index is -3.57. The van der Waals surface area contributed by atoms with E-state index in [9.17, 15) is 9.46 Å². The van der Waals surface area contributed by atoms with Crippen molar-refractivity contribution in [2.75, 3.05) is 27.7 Å². The average molecular weight is 489 g/mol. The topological polar surface area (TPSA) is 46.5 Å². The van der Waals surface area contributed by atoms with Gasteiger partial charge in [-0.3, -0.25) is 4.57 Å². The van der Waals surface area contributed by atoms with E-state index in [1.165, 1.54) is 83.5 Å². The van der Waals surface area contributed by atoms with Crippen LogP contribution in [0.2, 0.25) is 0 Å². The number of rotatable bonds is 24. The molecule has 0 fully saturated rings. The van der Waals surface area contributed by atoms with Crippen molar-refractivity contribution in [3.8, 4) is 0 Å². The predicted molar refractivity (Wildman–Crippen MR) is 146 cm³/mol. The highest BCUT2D eigenvalue weighted by atomic mass is 31.2. The summed E-state index contributed by atoms with van der Waals surface area (Å²) < 4.78 is 18.6. The molecule has 0 heterocycles. The van der Waals surface area contributed by atoms with Crippen molar-refractivity contribution in [3.05, 3.63) is 12.2 Å². The second-order valence-electron chi connectivity index (χ2n) is 10.8. The fourth-order valence-electron chi connectivity index (χ4n) is 4.41. The third-order valence-corrected chi connectivity index (χ3v) is 8.76. The van der Waals surface area contributed by atoms with Gasteiger partial charge in [-0.15, -0.1) is 0 Å². The molecular formula is C28H59NO3P+. The van der Waals surface area contributed by atoms with Crippen LogP contribution in [-0.2, 0) is 9.09 Å². The normalized spacial score (nSPS) is 15.2. The number of hydrogen-bond donors (Lipinski definition) is 1. The van der Waals surface area contributed by atoms with Gasteiger partial charge in [-0.25, -0.2) is 0 Å². The highest BCUT2D eigenvalue weighted by molar-refractivity contribution is 7.53. The molecule has 1 N–H and O–H groups in total. The Labute approximate surface area is 207 Å². The molecule has 2 unspecified atom stereocenters. The van der Waals surface area contributed by atoms with Crippen LogP contribution < -0.4 is 0 Å². The van der Waals surface area contributed by atoms with Crippen LogP contribution in [0.15, 0.2) is 12.2 Å². The standard InChI is InChI=1S/C28H58NO3P/c1-6-8-9-10-11-12-13-14-15-16-17-18-19-20-21-22-23-24-25-27-32-33(30,31)28(26-7-2)29(3,4)5/h19-20,28H,6-18,21-27H2,1-5H3/p+1. The van der Waals surface area contributed by atoms with E-state index in [0.29, 0.717) is 17.5 Å². The lowest BCUT2D eigenvalue weighted by atomic mass is 10.1. The van der Waals surface area contributed by atoms with Gasteiger partial charge in [-0.1, -0.05) is 103 Å². The van der Waals surface area contributed by atoms with Crippen LogP contribution in [0.4, 0.5) is 0 Å². The summed E-state index contributed by atoms with van der Waals surface area (Å²) in [6.07, 6.45) is 28.4. The van der Waals surface area contributed by atoms with Gasteiger partial charge < -0.3 is 13.9 Å². The third-order valence-electron chi connectivity index (χ3n) is 6.50. The summed E-state index contributed by atoms with van der Waals surface area (Å²) in [5.41, 5.74) is 0. The first kappa shape index (κ1) is 32.8. The monoisotopic (exact) mass is 488 g/mol. The number of unbranched alkanes of at least 4 members (excludes halogenated alkanes) is 15. The minimum Gasteiger partial charge on any atom is -0.320 e. The molecule has 0 saturated heterocycles. The fourth-order valence-corrected chi connectivity index (χ4v) is 6.43. The van der Waals surface area contributed by atoms with Gasteiger partial charge in [-0.05, 0) is 38.5 Å². The molecule has 198 valence electrons. The molecule has 0 amide bonds. The number of nitrogens with zero attached hydrogens (tertiary/aromatic N) is 1. The molecule has 0 rings (SSSR count). The highest BCUT2D eigenvalue weighted by Crippen LogP contribution is 2.51. The van der Waals surface area contributed by atoms with E-state index >= 15 is 0 Å². The average Bonchev–Trinajstić information content (AvgIpc) is 2.75. The van der Waals surface area contributed by atoms with Gasteiger partial charge in [0.15, 0.2) is 5.78 Å². The zero-order valence-electron chi connectivity index (χ0n) is 23.0. The minimum absolute atomic E-state index is 0.340. The lowest BCUT2D eigenvalue weighted by Crippen LogP contribution is -2.45. The van der Waals surface area contributed by atoms with Gasteiger partial charge in [0, 0.05) is 6.42 Å². The van der Waals surface area contributed by atoms with E-state index in [2.05, 4.69) is 26.0 Å². The highest BCUT2D eigenvalue weighted by Gasteiger charge is 2.41. The molecule has 4 nitrogen and oxygen atoms in total. The summed E-state index contributed by atoms with van der Waals surface area (Å²) >= 11 is 0. The Morgan fingerprint density at radius 2 is 1.12 bits per heavy atom. The quantitative estimate of drug-likeness (QED) is 0.0637.